The Morgan fingerprint density at radius 3 is 2.46 bits per heavy atom. The molecule has 1 fully saturated rings. The van der Waals surface area contributed by atoms with Crippen LogP contribution in [0.1, 0.15) is 25.7 Å². The van der Waals surface area contributed by atoms with Crippen molar-refractivity contribution in [3.63, 3.8) is 0 Å². The van der Waals surface area contributed by atoms with Gasteiger partial charge in [0.25, 0.3) is 0 Å². The molecule has 0 aromatic heterocycles. The summed E-state index contributed by atoms with van der Waals surface area (Å²) in [6.45, 7) is -0.0920. The highest BCUT2D eigenvalue weighted by atomic mass is 19.4. The molecule has 0 aromatic rings. The normalized spacial score (nSPS) is 29.5. The Balaban J connectivity index is 2.12. The van der Waals surface area contributed by atoms with Crippen molar-refractivity contribution in [2.45, 2.75) is 44.0 Å². The smallest absolute Gasteiger partial charge is 0.390 e. The Bertz CT molecular complexity index is 160. The van der Waals surface area contributed by atoms with Crippen molar-refractivity contribution in [1.82, 2.24) is 5.32 Å². The SMILES string of the molecule is OC1CCCC1NCCC(F)(F)F. The van der Waals surface area contributed by atoms with Gasteiger partial charge in [0.15, 0.2) is 0 Å². The monoisotopic (exact) mass is 197 g/mol. The Hall–Kier alpha value is -0.290. The quantitative estimate of drug-likeness (QED) is 0.717. The molecule has 5 heteroatoms. The number of hydrogen-bond donors (Lipinski definition) is 2. The fraction of sp³-hybridized carbons (Fsp3) is 1.00. The minimum Gasteiger partial charge on any atom is -0.392 e. The van der Waals surface area contributed by atoms with Gasteiger partial charge in [0.05, 0.1) is 12.5 Å². The molecule has 0 radical (unpaired) electrons. The van der Waals surface area contributed by atoms with Crippen LogP contribution in [-0.2, 0) is 0 Å². The lowest BCUT2D eigenvalue weighted by Gasteiger charge is -2.16. The fourth-order valence-corrected chi connectivity index (χ4v) is 1.58. The number of aliphatic hydroxyl groups is 1. The number of nitrogens with one attached hydrogen (secondary N) is 1. The number of aliphatic hydroxyl groups excluding tert-OH is 1. The Labute approximate surface area is 75.1 Å². The number of rotatable bonds is 3. The Morgan fingerprint density at radius 1 is 1.31 bits per heavy atom. The van der Waals surface area contributed by atoms with Crippen molar-refractivity contribution in [1.29, 1.82) is 0 Å². The first-order valence-corrected chi connectivity index (χ1v) is 4.47. The molecule has 0 heterocycles. The Morgan fingerprint density at radius 2 is 2.00 bits per heavy atom. The first kappa shape index (κ1) is 10.8. The zero-order chi connectivity index (χ0) is 9.90. The average molecular weight is 197 g/mol. The molecule has 1 aliphatic rings. The van der Waals surface area contributed by atoms with Crippen molar-refractivity contribution in [2.75, 3.05) is 6.54 Å². The van der Waals surface area contributed by atoms with Crippen LogP contribution in [0.4, 0.5) is 13.2 Å². The van der Waals surface area contributed by atoms with Gasteiger partial charge in [0.2, 0.25) is 0 Å². The van der Waals surface area contributed by atoms with E-state index in [1.165, 1.54) is 0 Å². The average Bonchev–Trinajstić information content (AvgIpc) is 2.34. The third-order valence-corrected chi connectivity index (χ3v) is 2.29. The summed E-state index contributed by atoms with van der Waals surface area (Å²) in [7, 11) is 0. The van der Waals surface area contributed by atoms with E-state index in [1.54, 1.807) is 0 Å². The van der Waals surface area contributed by atoms with Crippen molar-refractivity contribution in [2.24, 2.45) is 0 Å². The zero-order valence-electron chi connectivity index (χ0n) is 7.27. The summed E-state index contributed by atoms with van der Waals surface area (Å²) in [5.41, 5.74) is 0. The van der Waals surface area contributed by atoms with E-state index in [1.807, 2.05) is 0 Å². The molecule has 0 aliphatic heterocycles. The van der Waals surface area contributed by atoms with Gasteiger partial charge in [-0.25, -0.2) is 0 Å². The van der Waals surface area contributed by atoms with Crippen molar-refractivity contribution in [3.8, 4) is 0 Å². The van der Waals surface area contributed by atoms with Gasteiger partial charge >= 0.3 is 6.18 Å². The molecule has 78 valence electrons. The van der Waals surface area contributed by atoms with Gasteiger partial charge in [0.1, 0.15) is 0 Å². The van der Waals surface area contributed by atoms with Gasteiger partial charge in [0, 0.05) is 12.6 Å². The molecule has 0 amide bonds. The molecule has 2 nitrogen and oxygen atoms in total. The Kier molecular flexibility index (Phi) is 3.55. The molecular weight excluding hydrogens is 183 g/mol. The molecule has 0 bridgehead atoms. The maximum absolute atomic E-state index is 11.7. The second-order valence-corrected chi connectivity index (χ2v) is 3.42. The highest BCUT2D eigenvalue weighted by Gasteiger charge is 2.29. The van der Waals surface area contributed by atoms with Gasteiger partial charge < -0.3 is 10.4 Å². The number of halogens is 3. The van der Waals surface area contributed by atoms with Gasteiger partial charge in [-0.2, -0.15) is 13.2 Å². The van der Waals surface area contributed by atoms with Crippen molar-refractivity contribution >= 4 is 0 Å². The largest absolute Gasteiger partial charge is 0.392 e. The van der Waals surface area contributed by atoms with Gasteiger partial charge in [-0.3, -0.25) is 0 Å². The lowest BCUT2D eigenvalue weighted by molar-refractivity contribution is -0.133. The summed E-state index contributed by atoms with van der Waals surface area (Å²) in [5.74, 6) is 0. The third-order valence-electron chi connectivity index (χ3n) is 2.29. The lowest BCUT2D eigenvalue weighted by atomic mass is 10.2. The zero-order valence-corrected chi connectivity index (χ0v) is 7.27. The van der Waals surface area contributed by atoms with Crippen LogP contribution >= 0.6 is 0 Å². The van der Waals surface area contributed by atoms with E-state index in [9.17, 15) is 18.3 Å². The van der Waals surface area contributed by atoms with Crippen LogP contribution in [-0.4, -0.2) is 30.0 Å². The second-order valence-electron chi connectivity index (χ2n) is 3.42. The van der Waals surface area contributed by atoms with E-state index in [0.717, 1.165) is 12.8 Å². The van der Waals surface area contributed by atoms with Crippen LogP contribution in [0.15, 0.2) is 0 Å². The summed E-state index contributed by atoms with van der Waals surface area (Å²) in [6, 6.07) is -0.137. The molecule has 0 aromatic carbocycles. The van der Waals surface area contributed by atoms with Gasteiger partial charge in [-0.15, -0.1) is 0 Å². The fourth-order valence-electron chi connectivity index (χ4n) is 1.58. The predicted molar refractivity (Wildman–Crippen MR) is 42.3 cm³/mol. The predicted octanol–water partition coefficient (Wildman–Crippen LogP) is 1.44. The van der Waals surface area contributed by atoms with Crippen LogP contribution in [0.3, 0.4) is 0 Å². The molecular formula is C8H14F3NO. The molecule has 0 spiro atoms. The highest BCUT2D eigenvalue weighted by Crippen LogP contribution is 2.21. The van der Waals surface area contributed by atoms with Crippen LogP contribution < -0.4 is 5.32 Å². The lowest BCUT2D eigenvalue weighted by Crippen LogP contribution is -2.37. The van der Waals surface area contributed by atoms with Crippen LogP contribution in [0.25, 0.3) is 0 Å². The van der Waals surface area contributed by atoms with Gasteiger partial charge in [-0.05, 0) is 19.3 Å². The molecule has 1 saturated carbocycles. The van der Waals surface area contributed by atoms with E-state index >= 15 is 0 Å². The second kappa shape index (κ2) is 4.28. The van der Waals surface area contributed by atoms with E-state index in [2.05, 4.69) is 5.32 Å². The first-order chi connectivity index (χ1) is 5.99. The van der Waals surface area contributed by atoms with E-state index < -0.39 is 18.7 Å². The summed E-state index contributed by atoms with van der Waals surface area (Å²) < 4.78 is 35.2. The maximum Gasteiger partial charge on any atom is 0.390 e. The topological polar surface area (TPSA) is 32.3 Å². The van der Waals surface area contributed by atoms with Crippen LogP contribution in [0.5, 0.6) is 0 Å². The summed E-state index contributed by atoms with van der Waals surface area (Å²) in [5, 5.41) is 12.0. The van der Waals surface area contributed by atoms with Crippen LogP contribution in [0.2, 0.25) is 0 Å². The van der Waals surface area contributed by atoms with Crippen molar-refractivity contribution in [3.05, 3.63) is 0 Å². The van der Waals surface area contributed by atoms with E-state index in [0.29, 0.717) is 6.42 Å². The molecule has 2 unspecified atom stereocenters. The molecule has 0 saturated heterocycles. The standard InChI is InChI=1S/C8H14F3NO/c9-8(10,11)4-5-12-6-2-1-3-7(6)13/h6-7,12-13H,1-5H2. The highest BCUT2D eigenvalue weighted by molar-refractivity contribution is 4.82. The summed E-state index contributed by atoms with van der Waals surface area (Å²) >= 11 is 0. The first-order valence-electron chi connectivity index (χ1n) is 4.47. The maximum atomic E-state index is 11.7. The minimum absolute atomic E-state index is 0.0920. The van der Waals surface area contributed by atoms with Crippen LogP contribution in [0, 0.1) is 0 Å². The van der Waals surface area contributed by atoms with E-state index in [4.69, 9.17) is 0 Å². The molecule has 13 heavy (non-hydrogen) atoms. The van der Waals surface area contributed by atoms with E-state index in [-0.39, 0.29) is 12.6 Å². The summed E-state index contributed by atoms with van der Waals surface area (Å²) in [4.78, 5) is 0. The number of hydrogen-bond acceptors (Lipinski definition) is 2. The molecule has 1 rings (SSSR count). The molecule has 2 atom stereocenters. The number of alkyl halides is 3. The summed E-state index contributed by atoms with van der Waals surface area (Å²) in [6.07, 6.45) is -3.02. The van der Waals surface area contributed by atoms with Gasteiger partial charge in [-0.1, -0.05) is 0 Å². The minimum atomic E-state index is -4.10. The third kappa shape index (κ3) is 3.95. The van der Waals surface area contributed by atoms with Crippen molar-refractivity contribution < 1.29 is 18.3 Å². The molecule has 1 aliphatic carbocycles. The molecule has 2 N–H and O–H groups in total.